The molecule has 0 saturated heterocycles. The van der Waals surface area contributed by atoms with Crippen molar-refractivity contribution in [2.45, 2.75) is 52.4 Å². The Morgan fingerprint density at radius 2 is 1.58 bits per heavy atom. The highest BCUT2D eigenvalue weighted by Crippen LogP contribution is 2.16. The molecule has 0 aliphatic rings. The van der Waals surface area contributed by atoms with E-state index in [0.717, 1.165) is 18.4 Å². The molecular weight excluding hydrogens is 294 g/mol. The quantitative estimate of drug-likeness (QED) is 0.689. The van der Waals surface area contributed by atoms with E-state index in [-0.39, 0.29) is 5.91 Å². The zero-order chi connectivity index (χ0) is 17.5. The summed E-state index contributed by atoms with van der Waals surface area (Å²) in [5.74, 6) is 1.06. The number of hydrogen-bond acceptors (Lipinski definition) is 1. The predicted molar refractivity (Wildman–Crippen MR) is 102 cm³/mol. The molecule has 0 aliphatic heterocycles. The molecule has 2 aromatic carbocycles. The van der Waals surface area contributed by atoms with Gasteiger partial charge >= 0.3 is 0 Å². The average Bonchev–Trinajstić information content (AvgIpc) is 2.59. The van der Waals surface area contributed by atoms with Gasteiger partial charge in [0.15, 0.2) is 0 Å². The summed E-state index contributed by atoms with van der Waals surface area (Å²) in [5.41, 5.74) is 4.72. The molecule has 128 valence electrons. The molecule has 0 unspecified atom stereocenters. The normalized spacial score (nSPS) is 11.1. The fourth-order valence-corrected chi connectivity index (χ4v) is 2.72. The lowest BCUT2D eigenvalue weighted by atomic mass is 9.99. The number of carbonyl (C=O) groups is 1. The lowest BCUT2D eigenvalue weighted by molar-refractivity contribution is 0.0953. The van der Waals surface area contributed by atoms with Crippen LogP contribution in [0.1, 0.15) is 73.0 Å². The third-order valence-electron chi connectivity index (χ3n) is 4.39. The first-order valence-electron chi connectivity index (χ1n) is 8.94. The molecular formula is C22H29NO. The monoisotopic (exact) mass is 323 g/mol. The maximum atomic E-state index is 12.2. The van der Waals surface area contributed by atoms with Crippen molar-refractivity contribution >= 4 is 5.91 Å². The Morgan fingerprint density at radius 1 is 0.917 bits per heavy atom. The van der Waals surface area contributed by atoms with Crippen molar-refractivity contribution in [3.8, 4) is 0 Å². The van der Waals surface area contributed by atoms with Crippen LogP contribution in [0.5, 0.6) is 0 Å². The minimum Gasteiger partial charge on any atom is -0.352 e. The molecule has 0 saturated carbocycles. The first-order chi connectivity index (χ1) is 11.5. The van der Waals surface area contributed by atoms with Crippen LogP contribution in [0.15, 0.2) is 48.5 Å². The van der Waals surface area contributed by atoms with Crippen LogP contribution in [0.25, 0.3) is 0 Å². The van der Waals surface area contributed by atoms with Crippen molar-refractivity contribution in [2.24, 2.45) is 0 Å². The Labute approximate surface area is 146 Å². The zero-order valence-electron chi connectivity index (χ0n) is 15.3. The molecule has 1 amide bonds. The highest BCUT2D eigenvalue weighted by atomic mass is 16.1. The van der Waals surface area contributed by atoms with Crippen LogP contribution in [-0.4, -0.2) is 12.5 Å². The zero-order valence-corrected chi connectivity index (χ0v) is 15.3. The summed E-state index contributed by atoms with van der Waals surface area (Å²) >= 11 is 0. The topological polar surface area (TPSA) is 29.1 Å². The van der Waals surface area contributed by atoms with Gasteiger partial charge in [-0.2, -0.15) is 0 Å². The van der Waals surface area contributed by atoms with E-state index in [1.807, 2.05) is 24.3 Å². The van der Waals surface area contributed by atoms with Crippen molar-refractivity contribution in [1.29, 1.82) is 0 Å². The Bertz CT molecular complexity index is 656. The molecule has 0 aromatic heterocycles. The fourth-order valence-electron chi connectivity index (χ4n) is 2.72. The minimum absolute atomic E-state index is 0.0150. The maximum absolute atomic E-state index is 12.2. The van der Waals surface area contributed by atoms with Crippen molar-refractivity contribution in [3.63, 3.8) is 0 Å². The second kappa shape index (κ2) is 8.68. The number of rotatable bonds is 7. The third kappa shape index (κ3) is 5.23. The number of carbonyl (C=O) groups excluding carboxylic acids is 1. The second-order valence-corrected chi connectivity index (χ2v) is 7.04. The van der Waals surface area contributed by atoms with Crippen LogP contribution >= 0.6 is 0 Å². The lowest BCUT2D eigenvalue weighted by Gasteiger charge is -2.09. The highest BCUT2D eigenvalue weighted by molar-refractivity contribution is 5.94. The number of aryl methyl sites for hydroxylation is 1. The van der Waals surface area contributed by atoms with Gasteiger partial charge in [-0.15, -0.1) is 0 Å². The summed E-state index contributed by atoms with van der Waals surface area (Å²) in [6, 6.07) is 16.6. The number of hydrogen-bond donors (Lipinski definition) is 1. The molecule has 2 nitrogen and oxygen atoms in total. The third-order valence-corrected chi connectivity index (χ3v) is 4.39. The molecule has 2 aromatic rings. The summed E-state index contributed by atoms with van der Waals surface area (Å²) in [5, 5.41) is 3.02. The lowest BCUT2D eigenvalue weighted by Crippen LogP contribution is -2.24. The molecule has 0 atom stereocenters. The van der Waals surface area contributed by atoms with Crippen molar-refractivity contribution < 1.29 is 4.79 Å². The Morgan fingerprint density at radius 3 is 2.21 bits per heavy atom. The van der Waals surface area contributed by atoms with Crippen LogP contribution in [-0.2, 0) is 6.42 Å². The van der Waals surface area contributed by atoms with E-state index in [0.29, 0.717) is 18.4 Å². The smallest absolute Gasteiger partial charge is 0.251 e. The molecule has 0 aliphatic carbocycles. The van der Waals surface area contributed by atoms with E-state index in [1.165, 1.54) is 16.7 Å². The second-order valence-electron chi connectivity index (χ2n) is 7.04. The minimum atomic E-state index is 0.0150. The van der Waals surface area contributed by atoms with Gasteiger partial charge < -0.3 is 5.32 Å². The van der Waals surface area contributed by atoms with Gasteiger partial charge in [-0.3, -0.25) is 4.79 Å². The van der Waals surface area contributed by atoms with Crippen LogP contribution in [0.4, 0.5) is 0 Å². The summed E-state index contributed by atoms with van der Waals surface area (Å²) in [7, 11) is 0. The van der Waals surface area contributed by atoms with Crippen LogP contribution < -0.4 is 5.32 Å². The Kier molecular flexibility index (Phi) is 6.60. The van der Waals surface area contributed by atoms with Gasteiger partial charge in [-0.1, -0.05) is 64.1 Å². The van der Waals surface area contributed by atoms with E-state index in [9.17, 15) is 4.79 Å². The Hall–Kier alpha value is -2.09. The summed E-state index contributed by atoms with van der Waals surface area (Å²) in [6.45, 7) is 9.44. The maximum Gasteiger partial charge on any atom is 0.251 e. The van der Waals surface area contributed by atoms with Crippen molar-refractivity contribution in [1.82, 2.24) is 5.32 Å². The van der Waals surface area contributed by atoms with Gasteiger partial charge in [0.2, 0.25) is 0 Å². The SMILES string of the molecule is CC(C)c1ccc(C(=O)NCCCc2cccc(C(C)C)c2)cc1. The molecule has 24 heavy (non-hydrogen) atoms. The molecule has 0 fully saturated rings. The number of amides is 1. The largest absolute Gasteiger partial charge is 0.352 e. The molecule has 0 bridgehead atoms. The van der Waals surface area contributed by atoms with Gasteiger partial charge in [0, 0.05) is 12.1 Å². The van der Waals surface area contributed by atoms with Crippen molar-refractivity contribution in [2.75, 3.05) is 6.54 Å². The van der Waals surface area contributed by atoms with E-state index in [2.05, 4.69) is 57.3 Å². The predicted octanol–water partition coefficient (Wildman–Crippen LogP) is 5.30. The summed E-state index contributed by atoms with van der Waals surface area (Å²) in [6.07, 6.45) is 1.95. The van der Waals surface area contributed by atoms with Crippen molar-refractivity contribution in [3.05, 3.63) is 70.8 Å². The average molecular weight is 323 g/mol. The van der Waals surface area contributed by atoms with Crippen LogP contribution in [0.3, 0.4) is 0 Å². The molecule has 2 heteroatoms. The number of nitrogens with one attached hydrogen (secondary N) is 1. The van der Waals surface area contributed by atoms with E-state index < -0.39 is 0 Å². The standard InChI is InChI=1S/C22H29NO/c1-16(2)19-10-12-20(13-11-19)22(24)23-14-6-8-18-7-5-9-21(15-18)17(3)4/h5,7,9-13,15-17H,6,8,14H2,1-4H3,(H,23,24). The summed E-state index contributed by atoms with van der Waals surface area (Å²) in [4.78, 5) is 12.2. The molecule has 1 N–H and O–H groups in total. The number of benzene rings is 2. The Balaban J connectivity index is 1.79. The first kappa shape index (κ1) is 18.3. The first-order valence-corrected chi connectivity index (χ1v) is 8.94. The molecule has 0 heterocycles. The molecule has 2 rings (SSSR count). The van der Waals surface area contributed by atoms with Crippen LogP contribution in [0.2, 0.25) is 0 Å². The summed E-state index contributed by atoms with van der Waals surface area (Å²) < 4.78 is 0. The molecule has 0 radical (unpaired) electrons. The van der Waals surface area contributed by atoms with Gasteiger partial charge in [0.05, 0.1) is 0 Å². The molecule has 0 spiro atoms. The highest BCUT2D eigenvalue weighted by Gasteiger charge is 2.06. The van der Waals surface area contributed by atoms with Gasteiger partial charge in [0.25, 0.3) is 5.91 Å². The fraction of sp³-hybridized carbons (Fsp3) is 0.409. The van der Waals surface area contributed by atoms with Crippen LogP contribution in [0, 0.1) is 0 Å². The van der Waals surface area contributed by atoms with Gasteiger partial charge in [-0.25, -0.2) is 0 Å². The van der Waals surface area contributed by atoms with E-state index >= 15 is 0 Å². The van der Waals surface area contributed by atoms with E-state index in [4.69, 9.17) is 0 Å². The van der Waals surface area contributed by atoms with E-state index in [1.54, 1.807) is 0 Å². The van der Waals surface area contributed by atoms with Gasteiger partial charge in [-0.05, 0) is 53.5 Å². The van der Waals surface area contributed by atoms with Gasteiger partial charge in [0.1, 0.15) is 0 Å².